The van der Waals surface area contributed by atoms with Crippen LogP contribution in [0, 0.1) is 5.41 Å². The van der Waals surface area contributed by atoms with Crippen molar-refractivity contribution in [2.75, 3.05) is 46.4 Å². The van der Waals surface area contributed by atoms with Crippen molar-refractivity contribution in [3.05, 3.63) is 24.2 Å². The lowest BCUT2D eigenvalue weighted by Gasteiger charge is -2.24. The number of carbonyl (C=O) groups is 1. The monoisotopic (exact) mass is 448 g/mol. The minimum atomic E-state index is -0.199. The van der Waals surface area contributed by atoms with Crippen LogP contribution in [0.4, 0.5) is 0 Å². The molecule has 2 N–H and O–H groups in total. The second-order valence-corrected chi connectivity index (χ2v) is 6.18. The number of hydrogen-bond acceptors (Lipinski definition) is 4. The molecule has 7 nitrogen and oxygen atoms in total. The maximum Gasteiger partial charge on any atom is 0.287 e. The number of hydrogen-bond donors (Lipinski definition) is 2. The lowest BCUT2D eigenvalue weighted by atomic mass is 9.87. The summed E-state index contributed by atoms with van der Waals surface area (Å²) in [7, 11) is 1.79. The molecule has 1 aromatic heterocycles. The molecule has 0 bridgehead atoms. The van der Waals surface area contributed by atoms with Gasteiger partial charge in [0.05, 0.1) is 12.9 Å². The minimum Gasteiger partial charge on any atom is -0.459 e. The van der Waals surface area contributed by atoms with E-state index >= 15 is 0 Å². The molecular weight excluding hydrogens is 423 g/mol. The topological polar surface area (TPSA) is 79.1 Å². The summed E-state index contributed by atoms with van der Waals surface area (Å²) >= 11 is 0. The first-order chi connectivity index (χ1) is 11.2. The van der Waals surface area contributed by atoms with E-state index < -0.39 is 0 Å². The average Bonchev–Trinajstić information content (AvgIpc) is 3.30. The van der Waals surface area contributed by atoms with Crippen LogP contribution in [0.3, 0.4) is 0 Å². The zero-order chi connectivity index (χ0) is 16.1. The summed E-state index contributed by atoms with van der Waals surface area (Å²) in [4.78, 5) is 18.4. The van der Waals surface area contributed by atoms with E-state index in [4.69, 9.17) is 9.15 Å². The highest BCUT2D eigenvalue weighted by Crippen LogP contribution is 2.38. The second kappa shape index (κ2) is 8.70. The molecule has 2 aliphatic rings. The molecule has 1 unspecified atom stereocenters. The highest BCUT2D eigenvalue weighted by molar-refractivity contribution is 14.0. The SMILES string of the molecule is CN=C(NCCNC(=O)c1ccco1)N1CCC2(CCOC2)C1.I. The summed E-state index contributed by atoms with van der Waals surface area (Å²) in [6.45, 7) is 4.87. The van der Waals surface area contributed by atoms with E-state index in [1.807, 2.05) is 0 Å². The van der Waals surface area contributed by atoms with Crippen LogP contribution < -0.4 is 10.6 Å². The zero-order valence-corrected chi connectivity index (χ0v) is 16.2. The predicted octanol–water partition coefficient (Wildman–Crippen LogP) is 1.32. The third-order valence-corrected chi connectivity index (χ3v) is 4.57. The first kappa shape index (κ1) is 19.0. The molecule has 2 fully saturated rings. The Balaban J connectivity index is 0.00000208. The number of guanidine groups is 1. The molecule has 0 aromatic carbocycles. The molecule has 3 rings (SSSR count). The predicted molar refractivity (Wildman–Crippen MR) is 102 cm³/mol. The molecule has 1 atom stereocenters. The summed E-state index contributed by atoms with van der Waals surface area (Å²) in [6, 6.07) is 3.35. The number of likely N-dealkylation sites (tertiary alicyclic amines) is 1. The highest BCUT2D eigenvalue weighted by atomic mass is 127. The Morgan fingerprint density at radius 1 is 1.38 bits per heavy atom. The van der Waals surface area contributed by atoms with Crippen molar-refractivity contribution in [3.63, 3.8) is 0 Å². The van der Waals surface area contributed by atoms with Gasteiger partial charge in [-0.2, -0.15) is 0 Å². The molecule has 24 heavy (non-hydrogen) atoms. The van der Waals surface area contributed by atoms with E-state index in [1.54, 1.807) is 19.2 Å². The number of nitrogens with one attached hydrogen (secondary N) is 2. The smallest absolute Gasteiger partial charge is 0.287 e. The summed E-state index contributed by atoms with van der Waals surface area (Å²) < 4.78 is 10.6. The molecule has 2 saturated heterocycles. The van der Waals surface area contributed by atoms with Gasteiger partial charge in [0, 0.05) is 45.2 Å². The van der Waals surface area contributed by atoms with Crippen LogP contribution in [0.5, 0.6) is 0 Å². The molecule has 0 saturated carbocycles. The number of rotatable bonds is 4. The highest BCUT2D eigenvalue weighted by Gasteiger charge is 2.42. The second-order valence-electron chi connectivity index (χ2n) is 6.18. The zero-order valence-electron chi connectivity index (χ0n) is 13.9. The van der Waals surface area contributed by atoms with E-state index in [2.05, 4.69) is 20.5 Å². The molecule has 134 valence electrons. The molecule has 0 aliphatic carbocycles. The van der Waals surface area contributed by atoms with Gasteiger partial charge in [0.15, 0.2) is 11.7 Å². The van der Waals surface area contributed by atoms with Crippen molar-refractivity contribution < 1.29 is 13.9 Å². The van der Waals surface area contributed by atoms with Crippen LogP contribution in [0.25, 0.3) is 0 Å². The van der Waals surface area contributed by atoms with Gasteiger partial charge in [0.1, 0.15) is 0 Å². The molecule has 0 radical (unpaired) electrons. The largest absolute Gasteiger partial charge is 0.459 e. The van der Waals surface area contributed by atoms with Gasteiger partial charge >= 0.3 is 0 Å². The Kier molecular flexibility index (Phi) is 6.90. The first-order valence-corrected chi connectivity index (χ1v) is 8.07. The van der Waals surface area contributed by atoms with Crippen LogP contribution in [0.15, 0.2) is 27.8 Å². The van der Waals surface area contributed by atoms with E-state index in [-0.39, 0.29) is 29.9 Å². The van der Waals surface area contributed by atoms with Gasteiger partial charge in [-0.05, 0) is 25.0 Å². The average molecular weight is 448 g/mol. The Morgan fingerprint density at radius 3 is 2.88 bits per heavy atom. The van der Waals surface area contributed by atoms with Crippen LogP contribution >= 0.6 is 24.0 Å². The summed E-state index contributed by atoms with van der Waals surface area (Å²) in [5.41, 5.74) is 0.311. The molecule has 1 spiro atoms. The number of halogens is 1. The molecule has 8 heteroatoms. The van der Waals surface area contributed by atoms with Crippen molar-refractivity contribution in [1.29, 1.82) is 0 Å². The van der Waals surface area contributed by atoms with Gasteiger partial charge in [0.2, 0.25) is 0 Å². The Labute approximate surface area is 159 Å². The molecular formula is C16H25IN4O3. The lowest BCUT2D eigenvalue weighted by Crippen LogP contribution is -2.44. The van der Waals surface area contributed by atoms with E-state index in [9.17, 15) is 4.79 Å². The van der Waals surface area contributed by atoms with Gasteiger partial charge in [-0.15, -0.1) is 24.0 Å². The van der Waals surface area contributed by atoms with Gasteiger partial charge in [-0.25, -0.2) is 0 Å². The van der Waals surface area contributed by atoms with E-state index in [0.29, 0.717) is 24.3 Å². The van der Waals surface area contributed by atoms with Gasteiger partial charge < -0.3 is 24.7 Å². The summed E-state index contributed by atoms with van der Waals surface area (Å²) in [5, 5.41) is 6.12. The molecule has 3 heterocycles. The fourth-order valence-corrected chi connectivity index (χ4v) is 3.26. The Morgan fingerprint density at radius 2 is 2.21 bits per heavy atom. The molecule has 1 aromatic rings. The van der Waals surface area contributed by atoms with Gasteiger partial charge in [0.25, 0.3) is 5.91 Å². The van der Waals surface area contributed by atoms with Crippen molar-refractivity contribution in [1.82, 2.24) is 15.5 Å². The number of ether oxygens (including phenoxy) is 1. The van der Waals surface area contributed by atoms with Crippen LogP contribution in [0.2, 0.25) is 0 Å². The fourth-order valence-electron chi connectivity index (χ4n) is 3.26. The van der Waals surface area contributed by atoms with Gasteiger partial charge in [-0.3, -0.25) is 9.79 Å². The number of carbonyl (C=O) groups excluding carboxylic acids is 1. The number of amides is 1. The molecule has 1 amide bonds. The van der Waals surface area contributed by atoms with E-state index in [1.165, 1.54) is 6.26 Å². The Bertz CT molecular complexity index is 556. The normalized spacial score (nSPS) is 23.4. The van der Waals surface area contributed by atoms with Crippen molar-refractivity contribution >= 4 is 35.8 Å². The number of aliphatic imine (C=N–C) groups is 1. The first-order valence-electron chi connectivity index (χ1n) is 8.07. The fraction of sp³-hybridized carbons (Fsp3) is 0.625. The molecule has 2 aliphatic heterocycles. The third kappa shape index (κ3) is 4.41. The maximum atomic E-state index is 11.8. The maximum absolute atomic E-state index is 11.8. The quantitative estimate of drug-likeness (QED) is 0.315. The van der Waals surface area contributed by atoms with Gasteiger partial charge in [-0.1, -0.05) is 0 Å². The van der Waals surface area contributed by atoms with Crippen molar-refractivity contribution in [3.8, 4) is 0 Å². The van der Waals surface area contributed by atoms with Crippen LogP contribution in [0.1, 0.15) is 23.4 Å². The van der Waals surface area contributed by atoms with Crippen LogP contribution in [-0.4, -0.2) is 63.2 Å². The third-order valence-electron chi connectivity index (χ3n) is 4.57. The standard InChI is InChI=1S/C16H24N4O3.HI/c1-17-15(20-8-4-16(11-20)5-10-22-12-16)19-7-6-18-14(21)13-3-2-9-23-13;/h2-3,9H,4-8,10-12H2,1H3,(H,17,19)(H,18,21);1H. The number of nitrogens with zero attached hydrogens (tertiary/aromatic N) is 2. The summed E-state index contributed by atoms with van der Waals surface area (Å²) in [6.07, 6.45) is 3.79. The van der Waals surface area contributed by atoms with Crippen molar-refractivity contribution in [2.45, 2.75) is 12.8 Å². The Hall–Kier alpha value is -1.29. The lowest BCUT2D eigenvalue weighted by molar-refractivity contribution is 0.0926. The summed E-state index contributed by atoms with van der Waals surface area (Å²) in [5.74, 6) is 1.02. The van der Waals surface area contributed by atoms with Crippen LogP contribution in [-0.2, 0) is 4.74 Å². The van der Waals surface area contributed by atoms with Crippen molar-refractivity contribution in [2.24, 2.45) is 10.4 Å². The minimum absolute atomic E-state index is 0. The number of furan rings is 1. The van der Waals surface area contributed by atoms with E-state index in [0.717, 1.165) is 45.1 Å².